The van der Waals surface area contributed by atoms with Gasteiger partial charge in [0, 0.05) is 23.7 Å². The summed E-state index contributed by atoms with van der Waals surface area (Å²) in [7, 11) is 0. The standard InChI is InChI=1S/C20H18Cl2N2O4/c21-13-1-3-16(22)17(10-13)24-6-5-15(20(24)27)19(26)23-7-8-28-18-4-2-14(25)9-12(18)11-23/h1-4,9-10,15,25H,5-8,11H2. The van der Waals surface area contributed by atoms with E-state index in [1.54, 1.807) is 41.3 Å². The maximum Gasteiger partial charge on any atom is 0.239 e. The fraction of sp³-hybridized carbons (Fsp3) is 0.300. The van der Waals surface area contributed by atoms with E-state index in [0.29, 0.717) is 53.2 Å². The largest absolute Gasteiger partial charge is 0.508 e. The van der Waals surface area contributed by atoms with Crippen LogP contribution in [0.4, 0.5) is 5.69 Å². The fourth-order valence-corrected chi connectivity index (χ4v) is 4.02. The topological polar surface area (TPSA) is 70.1 Å². The van der Waals surface area contributed by atoms with Gasteiger partial charge in [-0.05, 0) is 42.8 Å². The minimum absolute atomic E-state index is 0.107. The number of fused-ring (bicyclic) bond motifs is 1. The maximum absolute atomic E-state index is 13.1. The van der Waals surface area contributed by atoms with Crippen LogP contribution in [0, 0.1) is 5.92 Å². The molecule has 1 saturated heterocycles. The fourth-order valence-electron chi connectivity index (χ4n) is 3.63. The molecule has 2 amide bonds. The quantitative estimate of drug-likeness (QED) is 0.754. The van der Waals surface area contributed by atoms with Crippen molar-refractivity contribution in [2.75, 3.05) is 24.6 Å². The van der Waals surface area contributed by atoms with Crippen LogP contribution in [0.25, 0.3) is 0 Å². The number of aromatic hydroxyl groups is 1. The molecule has 2 aliphatic rings. The lowest BCUT2D eigenvalue weighted by Gasteiger charge is -2.23. The molecular formula is C20H18Cl2N2O4. The van der Waals surface area contributed by atoms with Crippen molar-refractivity contribution in [1.29, 1.82) is 0 Å². The molecule has 2 aliphatic heterocycles. The zero-order valence-corrected chi connectivity index (χ0v) is 16.4. The Labute approximate surface area is 172 Å². The van der Waals surface area contributed by atoms with Crippen molar-refractivity contribution in [3.05, 3.63) is 52.0 Å². The Hall–Kier alpha value is -2.44. The van der Waals surface area contributed by atoms with Gasteiger partial charge in [-0.1, -0.05) is 23.2 Å². The van der Waals surface area contributed by atoms with Gasteiger partial charge in [0.25, 0.3) is 0 Å². The van der Waals surface area contributed by atoms with Crippen LogP contribution in [-0.4, -0.2) is 41.5 Å². The Kier molecular flexibility index (Phi) is 5.08. The first-order chi connectivity index (χ1) is 13.4. The number of phenols is 1. The number of hydrogen-bond acceptors (Lipinski definition) is 4. The number of benzene rings is 2. The third kappa shape index (κ3) is 3.50. The van der Waals surface area contributed by atoms with Gasteiger partial charge in [0.05, 0.1) is 17.3 Å². The molecule has 28 heavy (non-hydrogen) atoms. The molecule has 0 bridgehead atoms. The van der Waals surface area contributed by atoms with Gasteiger partial charge >= 0.3 is 0 Å². The highest BCUT2D eigenvalue weighted by Crippen LogP contribution is 2.35. The number of amides is 2. The van der Waals surface area contributed by atoms with E-state index in [4.69, 9.17) is 27.9 Å². The van der Waals surface area contributed by atoms with E-state index in [0.717, 1.165) is 0 Å². The average molecular weight is 421 g/mol. The van der Waals surface area contributed by atoms with Gasteiger partial charge < -0.3 is 19.6 Å². The zero-order valence-electron chi connectivity index (χ0n) is 14.9. The Morgan fingerprint density at radius 3 is 2.79 bits per heavy atom. The number of halogens is 2. The number of rotatable bonds is 2. The molecule has 0 saturated carbocycles. The summed E-state index contributed by atoms with van der Waals surface area (Å²) in [5.74, 6) is -0.552. The van der Waals surface area contributed by atoms with Crippen molar-refractivity contribution in [3.63, 3.8) is 0 Å². The lowest BCUT2D eigenvalue weighted by atomic mass is 10.1. The van der Waals surface area contributed by atoms with E-state index in [-0.39, 0.29) is 24.1 Å². The third-order valence-electron chi connectivity index (χ3n) is 5.04. The van der Waals surface area contributed by atoms with Crippen molar-refractivity contribution < 1.29 is 19.4 Å². The first-order valence-corrected chi connectivity index (χ1v) is 9.69. The van der Waals surface area contributed by atoms with E-state index in [1.165, 1.54) is 4.90 Å². The first kappa shape index (κ1) is 18.9. The molecule has 2 heterocycles. The van der Waals surface area contributed by atoms with Crippen LogP contribution in [0.15, 0.2) is 36.4 Å². The van der Waals surface area contributed by atoms with E-state index in [2.05, 4.69) is 0 Å². The van der Waals surface area contributed by atoms with Crippen LogP contribution >= 0.6 is 23.2 Å². The molecule has 0 spiro atoms. The highest BCUT2D eigenvalue weighted by molar-refractivity contribution is 6.36. The monoisotopic (exact) mass is 420 g/mol. The molecule has 1 N–H and O–H groups in total. The minimum Gasteiger partial charge on any atom is -0.508 e. The molecule has 0 radical (unpaired) electrons. The van der Waals surface area contributed by atoms with Crippen molar-refractivity contribution in [1.82, 2.24) is 4.90 Å². The average Bonchev–Trinajstić information content (AvgIpc) is 2.92. The van der Waals surface area contributed by atoms with E-state index in [9.17, 15) is 14.7 Å². The Morgan fingerprint density at radius 1 is 1.14 bits per heavy atom. The number of ether oxygens (including phenoxy) is 1. The summed E-state index contributed by atoms with van der Waals surface area (Å²) in [5.41, 5.74) is 1.23. The second-order valence-electron chi connectivity index (χ2n) is 6.83. The van der Waals surface area contributed by atoms with Crippen molar-refractivity contribution in [2.24, 2.45) is 5.92 Å². The minimum atomic E-state index is -0.770. The maximum atomic E-state index is 13.1. The van der Waals surface area contributed by atoms with E-state index < -0.39 is 5.92 Å². The van der Waals surface area contributed by atoms with Crippen molar-refractivity contribution in [3.8, 4) is 11.5 Å². The van der Waals surface area contributed by atoms with Gasteiger partial charge in [0.15, 0.2) is 0 Å². The van der Waals surface area contributed by atoms with Gasteiger partial charge in [0.2, 0.25) is 11.8 Å². The normalized spacial score (nSPS) is 19.2. The van der Waals surface area contributed by atoms with Crippen LogP contribution in [0.5, 0.6) is 11.5 Å². The predicted molar refractivity (Wildman–Crippen MR) is 106 cm³/mol. The third-order valence-corrected chi connectivity index (χ3v) is 5.59. The number of carbonyl (C=O) groups is 2. The molecule has 1 unspecified atom stereocenters. The molecule has 2 aromatic rings. The zero-order chi connectivity index (χ0) is 19.8. The molecule has 8 heteroatoms. The van der Waals surface area contributed by atoms with Gasteiger partial charge in [-0.15, -0.1) is 0 Å². The highest BCUT2D eigenvalue weighted by atomic mass is 35.5. The number of phenolic OH excluding ortho intramolecular Hbond substituents is 1. The summed E-state index contributed by atoms with van der Waals surface area (Å²) in [5, 5.41) is 10.6. The second kappa shape index (κ2) is 7.53. The summed E-state index contributed by atoms with van der Waals surface area (Å²) in [6, 6.07) is 9.73. The molecule has 1 atom stereocenters. The summed E-state index contributed by atoms with van der Waals surface area (Å²) in [6.07, 6.45) is 0.408. The highest BCUT2D eigenvalue weighted by Gasteiger charge is 2.40. The van der Waals surface area contributed by atoms with E-state index >= 15 is 0 Å². The van der Waals surface area contributed by atoms with Gasteiger partial charge in [-0.3, -0.25) is 9.59 Å². The predicted octanol–water partition coefficient (Wildman–Crippen LogP) is 3.47. The molecular weight excluding hydrogens is 403 g/mol. The molecule has 2 aromatic carbocycles. The van der Waals surface area contributed by atoms with Gasteiger partial charge in [-0.2, -0.15) is 0 Å². The van der Waals surface area contributed by atoms with Crippen molar-refractivity contribution in [2.45, 2.75) is 13.0 Å². The summed E-state index contributed by atoms with van der Waals surface area (Å²) >= 11 is 12.3. The van der Waals surface area contributed by atoms with Gasteiger partial charge in [0.1, 0.15) is 24.0 Å². The second-order valence-corrected chi connectivity index (χ2v) is 7.67. The lowest BCUT2D eigenvalue weighted by molar-refractivity contribution is -0.140. The van der Waals surface area contributed by atoms with Crippen LogP contribution in [0.3, 0.4) is 0 Å². The van der Waals surface area contributed by atoms with E-state index in [1.807, 2.05) is 0 Å². The molecule has 4 rings (SSSR count). The smallest absolute Gasteiger partial charge is 0.239 e. The first-order valence-electron chi connectivity index (χ1n) is 8.94. The molecule has 6 nitrogen and oxygen atoms in total. The SMILES string of the molecule is O=C(C1CCN(c2cc(Cl)ccc2Cl)C1=O)N1CCOc2ccc(O)cc2C1. The summed E-state index contributed by atoms with van der Waals surface area (Å²) in [4.78, 5) is 29.2. The lowest BCUT2D eigenvalue weighted by Crippen LogP contribution is -2.40. The van der Waals surface area contributed by atoms with Crippen LogP contribution in [0.1, 0.15) is 12.0 Å². The number of nitrogens with zero attached hydrogens (tertiary/aromatic N) is 2. The molecule has 0 aliphatic carbocycles. The van der Waals surface area contributed by atoms with Gasteiger partial charge in [-0.25, -0.2) is 0 Å². The Balaban J connectivity index is 1.54. The Morgan fingerprint density at radius 2 is 1.96 bits per heavy atom. The van der Waals surface area contributed by atoms with Crippen LogP contribution < -0.4 is 9.64 Å². The number of hydrogen-bond donors (Lipinski definition) is 1. The summed E-state index contributed by atoms with van der Waals surface area (Å²) in [6.45, 7) is 1.38. The number of carbonyl (C=O) groups excluding carboxylic acids is 2. The Bertz CT molecular complexity index is 950. The van der Waals surface area contributed by atoms with Crippen molar-refractivity contribution >= 4 is 40.7 Å². The molecule has 1 fully saturated rings. The van der Waals surface area contributed by atoms with Crippen LogP contribution in [-0.2, 0) is 16.1 Å². The molecule has 146 valence electrons. The summed E-state index contributed by atoms with van der Waals surface area (Å²) < 4.78 is 5.66. The van der Waals surface area contributed by atoms with Crippen LogP contribution in [0.2, 0.25) is 10.0 Å². The number of anilines is 1. The molecule has 0 aromatic heterocycles.